The molecule has 1 aliphatic rings. The van der Waals surface area contributed by atoms with Crippen LogP contribution in [0.15, 0.2) is 47.3 Å². The molecule has 1 saturated heterocycles. The highest BCUT2D eigenvalue weighted by atomic mass is 32.2. The van der Waals surface area contributed by atoms with Crippen molar-refractivity contribution in [3.05, 3.63) is 52.8 Å². The Kier molecular flexibility index (Phi) is 4.56. The van der Waals surface area contributed by atoms with E-state index in [1.165, 1.54) is 15.1 Å². The third kappa shape index (κ3) is 3.01. The predicted octanol–water partition coefficient (Wildman–Crippen LogP) is 1.90. The predicted molar refractivity (Wildman–Crippen MR) is 93.2 cm³/mol. The lowest BCUT2D eigenvalue weighted by atomic mass is 10.1. The van der Waals surface area contributed by atoms with E-state index in [4.69, 9.17) is 0 Å². The Morgan fingerprint density at radius 2 is 1.83 bits per heavy atom. The maximum atomic E-state index is 12.3. The van der Waals surface area contributed by atoms with Crippen LogP contribution >= 0.6 is 0 Å². The third-order valence-corrected chi connectivity index (χ3v) is 6.88. The lowest BCUT2D eigenvalue weighted by Crippen LogP contribution is -2.55. The van der Waals surface area contributed by atoms with Crippen molar-refractivity contribution in [2.24, 2.45) is 0 Å². The molecular weight excluding hydrogens is 326 g/mol. The molecular formula is C17H21N3O3S. The summed E-state index contributed by atoms with van der Waals surface area (Å²) in [5, 5.41) is 4.02. The van der Waals surface area contributed by atoms with Crippen LogP contribution < -0.4 is 5.56 Å². The second-order valence-corrected chi connectivity index (χ2v) is 8.45. The van der Waals surface area contributed by atoms with Crippen molar-refractivity contribution in [2.45, 2.75) is 31.6 Å². The lowest BCUT2D eigenvalue weighted by molar-refractivity contribution is 0.184. The van der Waals surface area contributed by atoms with Gasteiger partial charge in [-0.3, -0.25) is 4.79 Å². The van der Waals surface area contributed by atoms with E-state index in [-0.39, 0.29) is 11.6 Å². The average molecular weight is 347 g/mol. The monoisotopic (exact) mass is 347 g/mol. The average Bonchev–Trinajstić information content (AvgIpc) is 2.55. The summed E-state index contributed by atoms with van der Waals surface area (Å²) in [5.74, 6) is 0. The first-order chi connectivity index (χ1) is 11.4. The summed E-state index contributed by atoms with van der Waals surface area (Å²) in [7, 11) is -3.28. The largest absolute Gasteiger partial charge is 0.268 e. The van der Waals surface area contributed by atoms with Crippen molar-refractivity contribution in [1.82, 2.24) is 14.1 Å². The first-order valence-corrected chi connectivity index (χ1v) is 9.58. The zero-order chi connectivity index (χ0) is 17.3. The van der Waals surface area contributed by atoms with Crippen molar-refractivity contribution < 1.29 is 8.42 Å². The fourth-order valence-electron chi connectivity index (χ4n) is 2.69. The molecule has 1 aromatic carbocycles. The van der Waals surface area contributed by atoms with E-state index < -0.39 is 15.3 Å². The summed E-state index contributed by atoms with van der Waals surface area (Å²) in [4.78, 5) is 12.1. The zero-order valence-electron chi connectivity index (χ0n) is 13.8. The van der Waals surface area contributed by atoms with Gasteiger partial charge in [-0.25, -0.2) is 13.1 Å². The maximum absolute atomic E-state index is 12.3. The zero-order valence-corrected chi connectivity index (χ0v) is 14.6. The van der Waals surface area contributed by atoms with Gasteiger partial charge in [0.05, 0.1) is 17.0 Å². The molecule has 1 fully saturated rings. The molecule has 0 radical (unpaired) electrons. The summed E-state index contributed by atoms with van der Waals surface area (Å²) >= 11 is 0. The van der Waals surface area contributed by atoms with Gasteiger partial charge in [-0.05, 0) is 19.4 Å². The smallest absolute Gasteiger partial charge is 0.267 e. The van der Waals surface area contributed by atoms with Crippen LogP contribution in [-0.4, -0.2) is 40.8 Å². The minimum Gasteiger partial charge on any atom is -0.268 e. The quantitative estimate of drug-likeness (QED) is 0.828. The van der Waals surface area contributed by atoms with Gasteiger partial charge in [0, 0.05) is 24.7 Å². The van der Waals surface area contributed by atoms with Gasteiger partial charge in [-0.1, -0.05) is 37.3 Å². The molecule has 1 atom stereocenters. The van der Waals surface area contributed by atoms with Gasteiger partial charge in [-0.15, -0.1) is 0 Å². The highest BCUT2D eigenvalue weighted by Gasteiger charge is 2.39. The number of hydrogen-bond donors (Lipinski definition) is 0. The van der Waals surface area contributed by atoms with E-state index >= 15 is 0 Å². The molecule has 6 nitrogen and oxygen atoms in total. The van der Waals surface area contributed by atoms with Gasteiger partial charge in [-0.2, -0.15) is 9.40 Å². The summed E-state index contributed by atoms with van der Waals surface area (Å²) in [5.41, 5.74) is 1.42. The highest BCUT2D eigenvalue weighted by molar-refractivity contribution is 7.89. The maximum Gasteiger partial charge on any atom is 0.267 e. The van der Waals surface area contributed by atoms with Crippen LogP contribution in [0.2, 0.25) is 0 Å². The van der Waals surface area contributed by atoms with Gasteiger partial charge in [0.2, 0.25) is 10.0 Å². The van der Waals surface area contributed by atoms with Crippen LogP contribution in [0.3, 0.4) is 0 Å². The normalized spacial score (nSPS) is 17.4. The van der Waals surface area contributed by atoms with Crippen LogP contribution in [0, 0.1) is 0 Å². The van der Waals surface area contributed by atoms with E-state index in [0.29, 0.717) is 25.2 Å². The highest BCUT2D eigenvalue weighted by Crippen LogP contribution is 2.26. The molecule has 0 spiro atoms. The Labute approximate surface area is 141 Å². The summed E-state index contributed by atoms with van der Waals surface area (Å²) in [6.07, 6.45) is 0.575. The molecule has 2 aromatic rings. The SMILES string of the molecule is CC[C@H](C)S(=O)(=O)N1CC(n2nc(-c3ccccc3)ccc2=O)C1. The van der Waals surface area contributed by atoms with Crippen LogP contribution in [0.5, 0.6) is 0 Å². The molecule has 1 aromatic heterocycles. The van der Waals surface area contributed by atoms with Crippen molar-refractivity contribution in [3.8, 4) is 11.3 Å². The van der Waals surface area contributed by atoms with Crippen LogP contribution in [0.1, 0.15) is 26.3 Å². The fourth-order valence-corrected chi connectivity index (χ4v) is 4.38. The molecule has 0 bridgehead atoms. The van der Waals surface area contributed by atoms with Gasteiger partial charge in [0.15, 0.2) is 0 Å². The van der Waals surface area contributed by atoms with E-state index in [1.807, 2.05) is 37.3 Å². The van der Waals surface area contributed by atoms with Gasteiger partial charge in [0.25, 0.3) is 5.56 Å². The molecule has 3 rings (SSSR count). The van der Waals surface area contributed by atoms with Crippen molar-refractivity contribution in [2.75, 3.05) is 13.1 Å². The molecule has 0 aliphatic carbocycles. The molecule has 0 saturated carbocycles. The Morgan fingerprint density at radius 1 is 1.17 bits per heavy atom. The molecule has 7 heteroatoms. The van der Waals surface area contributed by atoms with Gasteiger partial charge in [0.1, 0.15) is 0 Å². The van der Waals surface area contributed by atoms with Crippen molar-refractivity contribution >= 4 is 10.0 Å². The molecule has 0 N–H and O–H groups in total. The number of benzene rings is 1. The lowest BCUT2D eigenvalue weighted by Gasteiger charge is -2.39. The van der Waals surface area contributed by atoms with E-state index in [9.17, 15) is 13.2 Å². The van der Waals surface area contributed by atoms with E-state index in [0.717, 1.165) is 5.56 Å². The second-order valence-electron chi connectivity index (χ2n) is 6.10. The Bertz CT molecular complexity index is 871. The third-order valence-electron chi connectivity index (χ3n) is 4.51. The van der Waals surface area contributed by atoms with Crippen molar-refractivity contribution in [1.29, 1.82) is 0 Å². The number of sulfonamides is 1. The van der Waals surface area contributed by atoms with E-state index in [1.54, 1.807) is 13.0 Å². The standard InChI is InChI=1S/C17H21N3O3S/c1-3-13(2)24(22,23)19-11-15(12-19)20-17(21)10-9-16(18-20)14-7-5-4-6-8-14/h4-10,13,15H,3,11-12H2,1-2H3/t13-/m0/s1. The number of hydrogen-bond acceptors (Lipinski definition) is 4. The number of rotatable bonds is 5. The van der Waals surface area contributed by atoms with Gasteiger partial charge < -0.3 is 0 Å². The van der Waals surface area contributed by atoms with Crippen molar-refractivity contribution in [3.63, 3.8) is 0 Å². The minimum atomic E-state index is -3.28. The fraction of sp³-hybridized carbons (Fsp3) is 0.412. The Balaban J connectivity index is 1.82. The minimum absolute atomic E-state index is 0.208. The topological polar surface area (TPSA) is 72.3 Å². The summed E-state index contributed by atoms with van der Waals surface area (Å²) in [6, 6.07) is 12.6. The summed E-state index contributed by atoms with van der Waals surface area (Å²) in [6.45, 7) is 4.17. The van der Waals surface area contributed by atoms with E-state index in [2.05, 4.69) is 5.10 Å². The van der Waals surface area contributed by atoms with Crippen LogP contribution in [0.25, 0.3) is 11.3 Å². The number of aromatic nitrogens is 2. The van der Waals surface area contributed by atoms with Crippen LogP contribution in [0.4, 0.5) is 0 Å². The van der Waals surface area contributed by atoms with Gasteiger partial charge >= 0.3 is 0 Å². The Morgan fingerprint density at radius 3 is 2.46 bits per heavy atom. The molecule has 1 aliphatic heterocycles. The summed E-state index contributed by atoms with van der Waals surface area (Å²) < 4.78 is 27.5. The molecule has 0 amide bonds. The molecule has 2 heterocycles. The first kappa shape index (κ1) is 16.9. The second kappa shape index (κ2) is 6.49. The first-order valence-electron chi connectivity index (χ1n) is 8.07. The molecule has 24 heavy (non-hydrogen) atoms. The molecule has 0 unspecified atom stereocenters. The molecule has 128 valence electrons. The Hall–Kier alpha value is -1.99. The van der Waals surface area contributed by atoms with Crippen LogP contribution in [-0.2, 0) is 10.0 Å². The number of nitrogens with zero attached hydrogens (tertiary/aromatic N) is 3.